The van der Waals surface area contributed by atoms with Crippen molar-refractivity contribution in [2.24, 2.45) is 0 Å². The second-order valence-electron chi connectivity index (χ2n) is 4.21. The molecular formula is C16H14O2. The Morgan fingerprint density at radius 1 is 1.00 bits per heavy atom. The molecule has 18 heavy (non-hydrogen) atoms. The van der Waals surface area contributed by atoms with Crippen molar-refractivity contribution in [3.05, 3.63) is 65.7 Å². The average molecular weight is 238 g/mol. The summed E-state index contributed by atoms with van der Waals surface area (Å²) in [5.41, 5.74) is 2.25. The third kappa shape index (κ3) is 1.97. The van der Waals surface area contributed by atoms with Crippen LogP contribution in [0.5, 0.6) is 11.5 Å². The summed E-state index contributed by atoms with van der Waals surface area (Å²) >= 11 is 0. The summed E-state index contributed by atoms with van der Waals surface area (Å²) in [5.74, 6) is 1.79. The summed E-state index contributed by atoms with van der Waals surface area (Å²) < 4.78 is 11.1. The number of fused-ring (bicyclic) bond motifs is 1. The molecule has 1 aliphatic heterocycles. The first kappa shape index (κ1) is 10.9. The smallest absolute Gasteiger partial charge is 0.142 e. The maximum Gasteiger partial charge on any atom is 0.142 e. The van der Waals surface area contributed by atoms with Gasteiger partial charge >= 0.3 is 0 Å². The molecule has 0 amide bonds. The lowest BCUT2D eigenvalue weighted by Gasteiger charge is -2.21. The van der Waals surface area contributed by atoms with Gasteiger partial charge in [-0.2, -0.15) is 0 Å². The lowest BCUT2D eigenvalue weighted by atomic mass is 10.0. The minimum Gasteiger partial charge on any atom is -0.497 e. The topological polar surface area (TPSA) is 18.5 Å². The van der Waals surface area contributed by atoms with E-state index in [9.17, 15) is 0 Å². The first-order chi connectivity index (χ1) is 8.86. The van der Waals surface area contributed by atoms with E-state index in [0.717, 1.165) is 22.6 Å². The average Bonchev–Trinajstić information content (AvgIpc) is 2.47. The molecule has 2 heteroatoms. The largest absolute Gasteiger partial charge is 0.497 e. The zero-order valence-electron chi connectivity index (χ0n) is 10.2. The summed E-state index contributed by atoms with van der Waals surface area (Å²) in [7, 11) is 1.67. The number of rotatable bonds is 2. The normalized spacial score (nSPS) is 16.8. The van der Waals surface area contributed by atoms with E-state index in [1.54, 1.807) is 7.11 Å². The molecule has 3 rings (SSSR count). The van der Waals surface area contributed by atoms with Gasteiger partial charge in [-0.1, -0.05) is 36.4 Å². The molecule has 0 unspecified atom stereocenters. The molecule has 0 radical (unpaired) electrons. The molecule has 0 fully saturated rings. The molecule has 0 N–H and O–H groups in total. The molecule has 1 aliphatic rings. The highest BCUT2D eigenvalue weighted by Crippen LogP contribution is 2.32. The number of ether oxygens (including phenoxy) is 2. The van der Waals surface area contributed by atoms with Gasteiger partial charge in [-0.25, -0.2) is 0 Å². The highest BCUT2D eigenvalue weighted by molar-refractivity contribution is 5.60. The third-order valence-corrected chi connectivity index (χ3v) is 3.07. The van der Waals surface area contributed by atoms with Gasteiger partial charge in [0.15, 0.2) is 0 Å². The zero-order valence-corrected chi connectivity index (χ0v) is 10.2. The minimum absolute atomic E-state index is 0.0224. The fourth-order valence-electron chi connectivity index (χ4n) is 2.07. The van der Waals surface area contributed by atoms with Crippen LogP contribution in [-0.4, -0.2) is 7.11 Å². The van der Waals surface area contributed by atoms with E-state index < -0.39 is 0 Å². The summed E-state index contributed by atoms with van der Waals surface area (Å²) in [6.07, 6.45) is 4.16. The Bertz CT molecular complexity index is 570. The van der Waals surface area contributed by atoms with Gasteiger partial charge in [0, 0.05) is 5.56 Å². The molecule has 90 valence electrons. The monoisotopic (exact) mass is 238 g/mol. The van der Waals surface area contributed by atoms with Crippen LogP contribution < -0.4 is 9.47 Å². The lowest BCUT2D eigenvalue weighted by molar-refractivity contribution is 0.251. The molecule has 0 aromatic heterocycles. The maximum atomic E-state index is 5.96. The van der Waals surface area contributed by atoms with Gasteiger partial charge in [-0.3, -0.25) is 0 Å². The number of methoxy groups -OCH3 is 1. The zero-order chi connectivity index (χ0) is 12.4. The van der Waals surface area contributed by atoms with Gasteiger partial charge in [0.1, 0.15) is 17.6 Å². The van der Waals surface area contributed by atoms with Crippen molar-refractivity contribution in [3.63, 3.8) is 0 Å². The van der Waals surface area contributed by atoms with Gasteiger partial charge in [0.05, 0.1) is 7.11 Å². The number of hydrogen-bond donors (Lipinski definition) is 0. The Balaban J connectivity index is 1.87. The van der Waals surface area contributed by atoms with Crippen LogP contribution in [0.2, 0.25) is 0 Å². The highest BCUT2D eigenvalue weighted by Gasteiger charge is 2.15. The van der Waals surface area contributed by atoms with Crippen LogP contribution in [0.3, 0.4) is 0 Å². The molecule has 0 spiro atoms. The predicted octanol–water partition coefficient (Wildman–Crippen LogP) is 3.84. The van der Waals surface area contributed by atoms with Crippen LogP contribution in [0.15, 0.2) is 54.6 Å². The summed E-state index contributed by atoms with van der Waals surface area (Å²) in [5, 5.41) is 0. The molecule has 0 saturated heterocycles. The van der Waals surface area contributed by atoms with E-state index in [1.165, 1.54) is 0 Å². The highest BCUT2D eigenvalue weighted by atomic mass is 16.5. The van der Waals surface area contributed by atoms with Gasteiger partial charge in [-0.15, -0.1) is 0 Å². The fraction of sp³-hybridized carbons (Fsp3) is 0.125. The van der Waals surface area contributed by atoms with Gasteiger partial charge < -0.3 is 9.47 Å². The van der Waals surface area contributed by atoms with Crippen molar-refractivity contribution in [1.82, 2.24) is 0 Å². The van der Waals surface area contributed by atoms with Gasteiger partial charge in [-0.05, 0) is 29.8 Å². The molecule has 2 aromatic rings. The standard InChI is InChI=1S/C16H14O2/c1-17-14-9-6-13(7-10-14)16-11-8-12-4-2-3-5-15(12)18-16/h2-11,16H,1H3/t16-/m0/s1. The quantitative estimate of drug-likeness (QED) is 0.791. The second-order valence-corrected chi connectivity index (χ2v) is 4.21. The Hall–Kier alpha value is -2.22. The van der Waals surface area contributed by atoms with Crippen molar-refractivity contribution in [2.75, 3.05) is 7.11 Å². The van der Waals surface area contributed by atoms with E-state index in [4.69, 9.17) is 9.47 Å². The van der Waals surface area contributed by atoms with Crippen molar-refractivity contribution >= 4 is 6.08 Å². The van der Waals surface area contributed by atoms with Crippen LogP contribution in [0.4, 0.5) is 0 Å². The van der Waals surface area contributed by atoms with Gasteiger partial charge in [0.2, 0.25) is 0 Å². The van der Waals surface area contributed by atoms with Crippen LogP contribution >= 0.6 is 0 Å². The molecular weight excluding hydrogens is 224 g/mol. The maximum absolute atomic E-state index is 5.96. The van der Waals surface area contributed by atoms with Crippen LogP contribution in [0, 0.1) is 0 Å². The molecule has 0 saturated carbocycles. The first-order valence-corrected chi connectivity index (χ1v) is 5.94. The molecule has 2 aromatic carbocycles. The first-order valence-electron chi connectivity index (χ1n) is 5.94. The van der Waals surface area contributed by atoms with E-state index in [-0.39, 0.29) is 6.10 Å². The predicted molar refractivity (Wildman–Crippen MR) is 71.8 cm³/mol. The fourth-order valence-corrected chi connectivity index (χ4v) is 2.07. The van der Waals surface area contributed by atoms with E-state index in [1.807, 2.05) is 42.5 Å². The number of para-hydroxylation sites is 1. The second kappa shape index (κ2) is 4.57. The summed E-state index contributed by atoms with van der Waals surface area (Å²) in [4.78, 5) is 0. The minimum atomic E-state index is -0.0224. The Morgan fingerprint density at radius 3 is 2.56 bits per heavy atom. The molecule has 0 aliphatic carbocycles. The Kier molecular flexibility index (Phi) is 2.77. The van der Waals surface area contributed by atoms with Crippen LogP contribution in [0.25, 0.3) is 6.08 Å². The molecule has 2 nitrogen and oxygen atoms in total. The van der Waals surface area contributed by atoms with Crippen LogP contribution in [0.1, 0.15) is 17.2 Å². The lowest BCUT2D eigenvalue weighted by Crippen LogP contribution is -2.08. The number of benzene rings is 2. The third-order valence-electron chi connectivity index (χ3n) is 3.07. The van der Waals surface area contributed by atoms with E-state index in [0.29, 0.717) is 0 Å². The van der Waals surface area contributed by atoms with Crippen molar-refractivity contribution in [3.8, 4) is 11.5 Å². The van der Waals surface area contributed by atoms with Crippen molar-refractivity contribution in [1.29, 1.82) is 0 Å². The van der Waals surface area contributed by atoms with Crippen molar-refractivity contribution in [2.45, 2.75) is 6.10 Å². The summed E-state index contributed by atoms with van der Waals surface area (Å²) in [6, 6.07) is 16.0. The molecule has 1 atom stereocenters. The van der Waals surface area contributed by atoms with E-state index in [2.05, 4.69) is 18.2 Å². The van der Waals surface area contributed by atoms with Crippen LogP contribution in [-0.2, 0) is 0 Å². The molecule has 1 heterocycles. The van der Waals surface area contributed by atoms with E-state index >= 15 is 0 Å². The van der Waals surface area contributed by atoms with Gasteiger partial charge in [0.25, 0.3) is 0 Å². The number of hydrogen-bond acceptors (Lipinski definition) is 2. The SMILES string of the molecule is COc1ccc([C@@H]2C=Cc3ccccc3O2)cc1. The Labute approximate surface area is 106 Å². The Morgan fingerprint density at radius 2 is 1.78 bits per heavy atom. The molecule has 0 bridgehead atoms. The summed E-state index contributed by atoms with van der Waals surface area (Å²) in [6.45, 7) is 0. The van der Waals surface area contributed by atoms with Crippen molar-refractivity contribution < 1.29 is 9.47 Å².